The van der Waals surface area contributed by atoms with E-state index in [1.165, 1.54) is 22.5 Å². The minimum absolute atomic E-state index is 0.0901. The molecule has 0 bridgehead atoms. The summed E-state index contributed by atoms with van der Waals surface area (Å²) in [4.78, 5) is 0. The Kier molecular flexibility index (Phi) is 3.93. The first-order chi connectivity index (χ1) is 19.3. The molecule has 5 heterocycles. The topological polar surface area (TPSA) is 60.3 Å². The molecule has 5 aromatic rings. The number of imidazole rings is 1. The van der Waals surface area contributed by atoms with Crippen molar-refractivity contribution < 1.29 is 9.13 Å². The van der Waals surface area contributed by atoms with Crippen LogP contribution in [0, 0.1) is 22.7 Å². The Hall–Kier alpha value is -5.00. The van der Waals surface area contributed by atoms with Gasteiger partial charge in [0.25, 0.3) is 5.82 Å². The molecule has 4 aliphatic rings. The van der Waals surface area contributed by atoms with E-state index < -0.39 is 0 Å². The van der Waals surface area contributed by atoms with Crippen LogP contribution >= 0.6 is 0 Å². The molecule has 1 aliphatic carbocycles. The third kappa shape index (κ3) is 2.44. The standard InChI is InChI=1S/C34H23N5/c35-18-22-11-12-23(19-36)28-27(22)30-32(38-14-5-10-24(31(28)38)20-6-2-1-3-7-20)29-25-9-4-8-21-13-15-37-16-17-39(33(29)30)34(37)26(21)25/h1-12,14,16-17,29-30,32-33H,13,15H2/q+2. The number of nitrogens with zero attached hydrogens (tertiary/aromatic N) is 5. The van der Waals surface area contributed by atoms with E-state index in [0.717, 1.165) is 40.9 Å². The van der Waals surface area contributed by atoms with E-state index in [1.807, 2.05) is 18.2 Å². The molecule has 0 saturated heterocycles. The van der Waals surface area contributed by atoms with E-state index in [9.17, 15) is 10.5 Å². The summed E-state index contributed by atoms with van der Waals surface area (Å²) in [5, 5.41) is 20.7. The molecule has 5 nitrogen and oxygen atoms in total. The fraction of sp³-hybridized carbons (Fsp3) is 0.176. The van der Waals surface area contributed by atoms with Gasteiger partial charge in [-0.05, 0) is 40.5 Å². The minimum atomic E-state index is 0.0901. The van der Waals surface area contributed by atoms with Crippen molar-refractivity contribution in [3.8, 4) is 45.9 Å². The largest absolute Gasteiger partial charge is 0.289 e. The van der Waals surface area contributed by atoms with Gasteiger partial charge in [-0.2, -0.15) is 15.1 Å². The predicted octanol–water partition coefficient (Wildman–Crippen LogP) is 5.35. The monoisotopic (exact) mass is 501 g/mol. The van der Waals surface area contributed by atoms with Crippen molar-refractivity contribution in [1.82, 2.24) is 4.57 Å². The van der Waals surface area contributed by atoms with Crippen molar-refractivity contribution >= 4 is 0 Å². The van der Waals surface area contributed by atoms with Crippen molar-refractivity contribution in [3.05, 3.63) is 119 Å². The maximum atomic E-state index is 10.4. The van der Waals surface area contributed by atoms with Crippen LogP contribution in [0.3, 0.4) is 0 Å². The molecule has 0 N–H and O–H groups in total. The number of hydrogen-bond donors (Lipinski definition) is 0. The smallest absolute Gasteiger partial charge is 0.230 e. The highest BCUT2D eigenvalue weighted by molar-refractivity contribution is 5.86. The highest BCUT2D eigenvalue weighted by Gasteiger charge is 2.68. The predicted molar refractivity (Wildman–Crippen MR) is 144 cm³/mol. The zero-order valence-electron chi connectivity index (χ0n) is 21.1. The fourth-order valence-corrected chi connectivity index (χ4v) is 8.16. The normalized spacial score (nSPS) is 22.1. The van der Waals surface area contributed by atoms with Crippen molar-refractivity contribution in [2.24, 2.45) is 0 Å². The van der Waals surface area contributed by atoms with Gasteiger partial charge in [-0.15, -0.1) is 0 Å². The first-order valence-electron chi connectivity index (χ1n) is 13.6. The second-order valence-corrected chi connectivity index (χ2v) is 11.1. The SMILES string of the molecule is N#Cc1ccc(C#N)c2c1-c1c(-c3ccccc3)ccc[n+]1C1C3c4cccc5c4-c4n(cc[n+]4CC5)C3C21. The first-order valence-corrected chi connectivity index (χ1v) is 13.6. The average Bonchev–Trinajstić information content (AvgIpc) is 3.41. The maximum Gasteiger partial charge on any atom is 0.289 e. The molecule has 0 radical (unpaired) electrons. The summed E-state index contributed by atoms with van der Waals surface area (Å²) in [5.41, 5.74) is 10.8. The molecule has 3 aromatic carbocycles. The zero-order valence-corrected chi connectivity index (χ0v) is 21.1. The highest BCUT2D eigenvalue weighted by Crippen LogP contribution is 2.68. The third-order valence-corrected chi connectivity index (χ3v) is 9.59. The van der Waals surface area contributed by atoms with Gasteiger partial charge in [0.15, 0.2) is 12.2 Å². The van der Waals surface area contributed by atoms with Crippen LogP contribution in [-0.4, -0.2) is 4.57 Å². The lowest BCUT2D eigenvalue weighted by molar-refractivity contribution is -0.735. The molecule has 1 saturated carbocycles. The Morgan fingerprint density at radius 2 is 1.64 bits per heavy atom. The van der Waals surface area contributed by atoms with Gasteiger partial charge in [-0.25, -0.2) is 9.13 Å². The number of hydrogen-bond acceptors (Lipinski definition) is 2. The number of aryl methyl sites for hydroxylation is 2. The van der Waals surface area contributed by atoms with Crippen LogP contribution in [0.1, 0.15) is 51.7 Å². The lowest BCUT2D eigenvalue weighted by Crippen LogP contribution is -2.62. The van der Waals surface area contributed by atoms with Crippen LogP contribution in [0.4, 0.5) is 0 Å². The zero-order chi connectivity index (χ0) is 25.8. The summed E-state index contributed by atoms with van der Waals surface area (Å²) in [6.45, 7) is 0.987. The Bertz CT molecular complexity index is 1970. The Balaban J connectivity index is 1.40. The Morgan fingerprint density at radius 3 is 2.49 bits per heavy atom. The molecule has 2 aromatic heterocycles. The van der Waals surface area contributed by atoms with E-state index >= 15 is 0 Å². The van der Waals surface area contributed by atoms with Crippen molar-refractivity contribution in [3.63, 3.8) is 0 Å². The molecule has 0 spiro atoms. The van der Waals surface area contributed by atoms with Gasteiger partial charge in [-0.1, -0.05) is 48.5 Å². The Labute approximate surface area is 226 Å². The number of nitriles is 2. The quantitative estimate of drug-likeness (QED) is 0.291. The van der Waals surface area contributed by atoms with Crippen LogP contribution in [0.5, 0.6) is 0 Å². The molecule has 9 rings (SSSR count). The average molecular weight is 502 g/mol. The van der Waals surface area contributed by atoms with Gasteiger partial charge >= 0.3 is 0 Å². The molecular weight excluding hydrogens is 478 g/mol. The fourth-order valence-electron chi connectivity index (χ4n) is 8.16. The first kappa shape index (κ1) is 21.0. The molecule has 4 atom stereocenters. The number of benzene rings is 3. The molecule has 5 heteroatoms. The van der Waals surface area contributed by atoms with E-state index in [2.05, 4.69) is 99.0 Å². The second-order valence-electron chi connectivity index (χ2n) is 11.1. The van der Waals surface area contributed by atoms with Crippen LogP contribution in [0.2, 0.25) is 0 Å². The van der Waals surface area contributed by atoms with Crippen LogP contribution in [0.25, 0.3) is 33.8 Å². The summed E-state index contributed by atoms with van der Waals surface area (Å²) < 4.78 is 7.31. The number of aromatic nitrogens is 3. The maximum absolute atomic E-state index is 10.4. The van der Waals surface area contributed by atoms with Gasteiger partial charge in [0.05, 0.1) is 52.3 Å². The molecular formula is C34H23N5+2. The molecule has 0 amide bonds. The molecule has 182 valence electrons. The van der Waals surface area contributed by atoms with E-state index in [4.69, 9.17) is 0 Å². The lowest BCUT2D eigenvalue weighted by Gasteiger charge is -2.51. The van der Waals surface area contributed by atoms with Crippen LogP contribution in [-0.2, 0) is 13.0 Å². The van der Waals surface area contributed by atoms with E-state index in [1.54, 1.807) is 0 Å². The summed E-state index contributed by atoms with van der Waals surface area (Å²) in [7, 11) is 0. The van der Waals surface area contributed by atoms with Gasteiger partial charge in [0.1, 0.15) is 24.5 Å². The van der Waals surface area contributed by atoms with Gasteiger partial charge in [0, 0.05) is 12.5 Å². The van der Waals surface area contributed by atoms with Crippen molar-refractivity contribution in [2.45, 2.75) is 36.9 Å². The summed E-state index contributed by atoms with van der Waals surface area (Å²) in [5.74, 6) is 1.65. The van der Waals surface area contributed by atoms with Crippen LogP contribution < -0.4 is 9.13 Å². The molecule has 3 aliphatic heterocycles. The third-order valence-electron chi connectivity index (χ3n) is 9.59. The minimum Gasteiger partial charge on any atom is -0.230 e. The molecule has 4 unspecified atom stereocenters. The Morgan fingerprint density at radius 1 is 0.795 bits per heavy atom. The number of pyridine rings is 1. The second kappa shape index (κ2) is 7.31. The van der Waals surface area contributed by atoms with Crippen LogP contribution in [0.15, 0.2) is 91.4 Å². The molecule has 39 heavy (non-hydrogen) atoms. The highest BCUT2D eigenvalue weighted by atomic mass is 15.2. The van der Waals surface area contributed by atoms with Crippen molar-refractivity contribution in [2.75, 3.05) is 0 Å². The number of fused-ring (bicyclic) bond motifs is 11. The lowest BCUT2D eigenvalue weighted by atomic mass is 9.54. The van der Waals surface area contributed by atoms with Gasteiger partial charge in [-0.3, -0.25) is 0 Å². The summed E-state index contributed by atoms with van der Waals surface area (Å²) in [6.07, 6.45) is 7.71. The summed E-state index contributed by atoms with van der Waals surface area (Å²) in [6, 6.07) is 30.6. The number of rotatable bonds is 1. The van der Waals surface area contributed by atoms with E-state index in [-0.39, 0.29) is 23.9 Å². The van der Waals surface area contributed by atoms with Gasteiger partial charge < -0.3 is 0 Å². The van der Waals surface area contributed by atoms with Crippen molar-refractivity contribution in [1.29, 1.82) is 10.5 Å². The van der Waals surface area contributed by atoms with Gasteiger partial charge in [0.2, 0.25) is 5.69 Å². The molecule has 1 fully saturated rings. The summed E-state index contributed by atoms with van der Waals surface area (Å²) >= 11 is 0. The van der Waals surface area contributed by atoms with E-state index in [0.29, 0.717) is 11.1 Å².